The summed E-state index contributed by atoms with van der Waals surface area (Å²) in [5.41, 5.74) is 6.71. The van der Waals surface area contributed by atoms with Crippen LogP contribution in [0.5, 0.6) is 0 Å². The minimum atomic E-state index is -0.313. The largest absolute Gasteiger partial charge is 0 e. The van der Waals surface area contributed by atoms with Crippen molar-refractivity contribution >= 4 is 7.53 Å². The average molecular weight is 650 g/mol. The SMILES string of the molecule is Cp1cc(-c2ccccc2)c(-c2ccccc2)c1-c1ccccc1.[C-]#[O+].[C-]#[O+].[C-]#[O+].[C-]#[O+].[C-]#[O+].[W]. The molecular formula is C28H19O5PW. The summed E-state index contributed by atoms with van der Waals surface area (Å²) in [7, 11) is -0.313. The molecule has 0 saturated carbocycles. The maximum Gasteiger partial charge on any atom is 0 e. The normalized spacial score (nSPS) is 8.14. The molecule has 4 aromatic rings. The Balaban J connectivity index is -0.000000834. The van der Waals surface area contributed by atoms with Crippen LogP contribution in [0.15, 0.2) is 96.8 Å². The summed E-state index contributed by atoms with van der Waals surface area (Å²) in [5, 5.41) is 1.48. The molecule has 7 heteroatoms. The molecule has 0 N–H and O–H groups in total. The first-order valence-corrected chi connectivity index (χ1v) is 11.1. The molecule has 1 unspecified atom stereocenters. The van der Waals surface area contributed by atoms with E-state index in [1.54, 1.807) is 0 Å². The van der Waals surface area contributed by atoms with Gasteiger partial charge in [-0.15, -0.1) is 7.53 Å². The van der Waals surface area contributed by atoms with E-state index in [2.05, 4.69) is 137 Å². The second-order valence-electron chi connectivity index (χ2n) is 5.98. The van der Waals surface area contributed by atoms with Crippen molar-refractivity contribution in [2.45, 2.75) is 0 Å². The molecule has 5 nitrogen and oxygen atoms in total. The molecule has 3 aromatic carbocycles. The van der Waals surface area contributed by atoms with Crippen LogP contribution >= 0.6 is 7.53 Å². The summed E-state index contributed by atoms with van der Waals surface area (Å²) in [4.78, 5) is 0. The van der Waals surface area contributed by atoms with Crippen LogP contribution in [0.25, 0.3) is 33.1 Å². The topological polar surface area (TPSA) is 99.5 Å². The zero-order chi connectivity index (χ0) is 26.4. The molecule has 1 atom stereocenters. The van der Waals surface area contributed by atoms with Crippen LogP contribution in [0, 0.1) is 33.3 Å². The molecule has 1 aromatic heterocycles. The van der Waals surface area contributed by atoms with Gasteiger partial charge in [-0.1, -0.05) is 91.0 Å². The van der Waals surface area contributed by atoms with Crippen molar-refractivity contribution in [1.29, 1.82) is 0 Å². The first-order chi connectivity index (χ1) is 16.8. The molecule has 0 aliphatic heterocycles. The molecule has 0 aliphatic rings. The Morgan fingerprint density at radius 2 is 0.800 bits per heavy atom. The van der Waals surface area contributed by atoms with Crippen LogP contribution in [-0.4, -0.2) is 0 Å². The van der Waals surface area contributed by atoms with Crippen molar-refractivity contribution in [1.82, 2.24) is 0 Å². The fourth-order valence-electron chi connectivity index (χ4n) is 3.30. The molecule has 0 radical (unpaired) electrons. The second kappa shape index (κ2) is 24.0. The van der Waals surface area contributed by atoms with E-state index in [9.17, 15) is 0 Å². The quantitative estimate of drug-likeness (QED) is 0.168. The van der Waals surface area contributed by atoms with Crippen molar-refractivity contribution in [2.75, 3.05) is 0 Å². The third-order valence-corrected chi connectivity index (χ3v) is 6.21. The van der Waals surface area contributed by atoms with E-state index in [1.807, 2.05) is 0 Å². The predicted octanol–water partition coefficient (Wildman–Crippen LogP) is 7.02. The second-order valence-corrected chi connectivity index (χ2v) is 7.90. The molecule has 0 spiro atoms. The van der Waals surface area contributed by atoms with Crippen molar-refractivity contribution in [3.05, 3.63) is 130 Å². The van der Waals surface area contributed by atoms with Gasteiger partial charge >= 0.3 is 56.5 Å². The zero-order valence-electron chi connectivity index (χ0n) is 18.6. The van der Waals surface area contributed by atoms with Crippen LogP contribution < -0.4 is 0 Å². The number of rotatable bonds is 3. The smallest absolute Gasteiger partial charge is 0 e. The van der Waals surface area contributed by atoms with E-state index in [0.29, 0.717) is 0 Å². The predicted molar refractivity (Wildman–Crippen MR) is 126 cm³/mol. The molecule has 172 valence electrons. The minimum Gasteiger partial charge on any atom is 0 e. The fourth-order valence-corrected chi connectivity index (χ4v) is 5.26. The van der Waals surface area contributed by atoms with Gasteiger partial charge in [0.15, 0.2) is 0 Å². The number of aryl methyl sites for hydroxylation is 1. The molecule has 35 heavy (non-hydrogen) atoms. The van der Waals surface area contributed by atoms with Gasteiger partial charge in [-0.3, -0.25) is 0 Å². The van der Waals surface area contributed by atoms with Gasteiger partial charge in [0.1, 0.15) is 0 Å². The maximum atomic E-state index is 7.50. The average Bonchev–Trinajstić information content (AvgIpc) is 3.32. The number of hydrogen-bond donors (Lipinski definition) is 0. The fraction of sp³-hybridized carbons (Fsp3) is 0.0357. The molecule has 0 fully saturated rings. The first-order valence-electron chi connectivity index (χ1n) is 9.22. The maximum absolute atomic E-state index is 7.50. The van der Waals surface area contributed by atoms with Crippen molar-refractivity contribution in [3.63, 3.8) is 0 Å². The third-order valence-electron chi connectivity index (χ3n) is 4.38. The van der Waals surface area contributed by atoms with Gasteiger partial charge in [-0.2, -0.15) is 0 Å². The minimum absolute atomic E-state index is 0. The first kappa shape index (κ1) is 36.4. The van der Waals surface area contributed by atoms with E-state index >= 15 is 0 Å². The van der Waals surface area contributed by atoms with Gasteiger partial charge in [-0.25, -0.2) is 0 Å². The van der Waals surface area contributed by atoms with Crippen LogP contribution in [0.1, 0.15) is 0 Å². The molecular weight excluding hydrogens is 631 g/mol. The molecule has 4 rings (SSSR count). The molecule has 0 bridgehead atoms. The van der Waals surface area contributed by atoms with E-state index in [0.717, 1.165) is 0 Å². The van der Waals surface area contributed by atoms with Crippen molar-refractivity contribution < 1.29 is 44.3 Å². The number of benzene rings is 3. The van der Waals surface area contributed by atoms with Gasteiger partial charge in [0.25, 0.3) is 0 Å². The van der Waals surface area contributed by atoms with Crippen molar-refractivity contribution in [2.24, 2.45) is 6.66 Å². The van der Waals surface area contributed by atoms with Crippen LogP contribution in [0.3, 0.4) is 0 Å². The Labute approximate surface area is 221 Å². The van der Waals surface area contributed by atoms with Gasteiger partial charge < -0.3 is 0 Å². The Hall–Kier alpha value is -3.17. The molecule has 0 amide bonds. The summed E-state index contributed by atoms with van der Waals surface area (Å²) in [6, 6.07) is 32.4. The van der Waals surface area contributed by atoms with Crippen molar-refractivity contribution in [3.8, 4) is 33.1 Å². The monoisotopic (exact) mass is 650 g/mol. The zero-order valence-corrected chi connectivity index (χ0v) is 22.5. The standard InChI is InChI=1S/C23H19P.5CO.W/c1-24-17-21(18-11-5-2-6-12-18)22(19-13-7-3-8-14-19)23(24)20-15-9-4-10-16-20;5*1-2;/h2-17H,1H3;;;;;;. The number of hydrogen-bond acceptors (Lipinski definition) is 0. The van der Waals surface area contributed by atoms with Gasteiger partial charge in [0.2, 0.25) is 0 Å². The van der Waals surface area contributed by atoms with Crippen LogP contribution in [0.4, 0.5) is 0 Å². The van der Waals surface area contributed by atoms with Crippen LogP contribution in [-0.2, 0) is 51.0 Å². The third kappa shape index (κ3) is 10.7. The van der Waals surface area contributed by atoms with E-state index in [1.165, 1.54) is 33.1 Å². The summed E-state index contributed by atoms with van der Waals surface area (Å²) in [5.74, 6) is 2.47. The van der Waals surface area contributed by atoms with E-state index in [4.69, 9.17) is 23.3 Å². The molecule has 1 heterocycles. The summed E-state index contributed by atoms with van der Waals surface area (Å²) < 4.78 is 37.5. The molecule has 0 saturated heterocycles. The summed E-state index contributed by atoms with van der Waals surface area (Å²) >= 11 is 0. The summed E-state index contributed by atoms with van der Waals surface area (Å²) in [6.45, 7) is 24.9. The van der Waals surface area contributed by atoms with Gasteiger partial charge in [0.05, 0.1) is 0 Å². The molecule has 0 aliphatic carbocycles. The van der Waals surface area contributed by atoms with E-state index in [-0.39, 0.29) is 28.6 Å². The Morgan fingerprint density at radius 3 is 1.17 bits per heavy atom. The Kier molecular flexibility index (Phi) is 24.9. The van der Waals surface area contributed by atoms with Gasteiger partial charge in [0, 0.05) is 31.9 Å². The summed E-state index contributed by atoms with van der Waals surface area (Å²) in [6.07, 6.45) is 0. The van der Waals surface area contributed by atoms with E-state index < -0.39 is 0 Å². The van der Waals surface area contributed by atoms with Crippen LogP contribution in [0.2, 0.25) is 0 Å². The Morgan fingerprint density at radius 1 is 0.486 bits per heavy atom. The van der Waals surface area contributed by atoms with Gasteiger partial charge in [-0.05, 0) is 34.7 Å². The Bertz CT molecular complexity index is 1140.